The van der Waals surface area contributed by atoms with Crippen LogP contribution in [-0.4, -0.2) is 41.0 Å². The molecule has 0 saturated carbocycles. The van der Waals surface area contributed by atoms with Crippen molar-refractivity contribution in [2.75, 3.05) is 26.5 Å². The van der Waals surface area contributed by atoms with E-state index in [4.69, 9.17) is 11.6 Å². The molecule has 2 aromatic rings. The van der Waals surface area contributed by atoms with Crippen molar-refractivity contribution >= 4 is 22.6 Å². The molecule has 116 valence electrons. The first kappa shape index (κ1) is 16.2. The summed E-state index contributed by atoms with van der Waals surface area (Å²) in [5, 5.41) is 0. The van der Waals surface area contributed by atoms with Gasteiger partial charge in [0, 0.05) is 24.9 Å². The molecule has 1 aromatic heterocycles. The number of nitrogens with zero attached hydrogens (tertiary/aromatic N) is 3. The van der Waals surface area contributed by atoms with Gasteiger partial charge in [0.15, 0.2) is 0 Å². The van der Waals surface area contributed by atoms with Crippen LogP contribution in [0.4, 0.5) is 4.39 Å². The minimum Gasteiger partial charge on any atom is -0.323 e. The van der Waals surface area contributed by atoms with Gasteiger partial charge in [-0.3, -0.25) is 0 Å². The summed E-state index contributed by atoms with van der Waals surface area (Å²) in [5.41, 5.74) is 1.69. The molecule has 1 atom stereocenters. The molecule has 1 unspecified atom stereocenters. The Hall–Kier alpha value is -1.13. The van der Waals surface area contributed by atoms with E-state index in [0.717, 1.165) is 17.9 Å². The summed E-state index contributed by atoms with van der Waals surface area (Å²) >= 11 is 5.92. The van der Waals surface area contributed by atoms with Crippen molar-refractivity contribution in [3.05, 3.63) is 29.8 Å². The van der Waals surface area contributed by atoms with Crippen molar-refractivity contribution in [2.45, 2.75) is 26.3 Å². The molecule has 2 rings (SSSR count). The van der Waals surface area contributed by atoms with Gasteiger partial charge in [-0.05, 0) is 32.1 Å². The molecule has 3 nitrogen and oxygen atoms in total. The molecule has 1 heterocycles. The number of likely N-dealkylation sites (N-methyl/N-ethyl adjacent to an activating group) is 1. The Labute approximate surface area is 130 Å². The summed E-state index contributed by atoms with van der Waals surface area (Å²) in [6.45, 7) is 5.32. The van der Waals surface area contributed by atoms with Crippen LogP contribution in [0, 0.1) is 11.7 Å². The Morgan fingerprint density at radius 1 is 1.33 bits per heavy atom. The Bertz CT molecular complexity index is 607. The van der Waals surface area contributed by atoms with Crippen molar-refractivity contribution in [3.63, 3.8) is 0 Å². The maximum atomic E-state index is 13.4. The summed E-state index contributed by atoms with van der Waals surface area (Å²) in [6, 6.07) is 5.10. The number of imidazole rings is 1. The fourth-order valence-electron chi connectivity index (χ4n) is 2.72. The van der Waals surface area contributed by atoms with E-state index in [2.05, 4.69) is 42.4 Å². The summed E-state index contributed by atoms with van der Waals surface area (Å²) in [7, 11) is 4.13. The number of halogens is 2. The SMILES string of the molecule is CC(C)C(CN(C)C)n1c(CCCl)nc2cc(F)ccc21. The minimum absolute atomic E-state index is 0.252. The van der Waals surface area contributed by atoms with Crippen molar-refractivity contribution in [1.82, 2.24) is 14.5 Å². The number of benzene rings is 1. The maximum absolute atomic E-state index is 13.4. The number of aryl methyl sites for hydroxylation is 1. The molecule has 0 saturated heterocycles. The standard InChI is InChI=1S/C16H23ClFN3/c1-11(2)15(10-20(3)4)21-14-6-5-12(18)9-13(14)19-16(21)7-8-17/h5-6,9,11,15H,7-8,10H2,1-4H3. The van der Waals surface area contributed by atoms with E-state index in [-0.39, 0.29) is 11.9 Å². The second-order valence-electron chi connectivity index (χ2n) is 6.04. The second-order valence-corrected chi connectivity index (χ2v) is 6.42. The topological polar surface area (TPSA) is 21.1 Å². The van der Waals surface area contributed by atoms with Crippen LogP contribution in [0.25, 0.3) is 11.0 Å². The number of fused-ring (bicyclic) bond motifs is 1. The van der Waals surface area contributed by atoms with Gasteiger partial charge in [-0.25, -0.2) is 9.37 Å². The predicted octanol–water partition coefficient (Wildman–Crippen LogP) is 3.72. The highest BCUT2D eigenvalue weighted by molar-refractivity contribution is 6.17. The summed E-state index contributed by atoms with van der Waals surface area (Å²) in [4.78, 5) is 6.76. The van der Waals surface area contributed by atoms with Crippen LogP contribution >= 0.6 is 11.6 Å². The Balaban J connectivity index is 2.59. The average Bonchev–Trinajstić information content (AvgIpc) is 2.73. The lowest BCUT2D eigenvalue weighted by Gasteiger charge is -2.28. The lowest BCUT2D eigenvalue weighted by Crippen LogP contribution is -2.29. The van der Waals surface area contributed by atoms with Gasteiger partial charge in [0.05, 0.1) is 17.1 Å². The zero-order valence-corrected chi connectivity index (χ0v) is 13.9. The molecule has 0 aliphatic carbocycles. The molecule has 5 heteroatoms. The minimum atomic E-state index is -0.252. The quantitative estimate of drug-likeness (QED) is 0.758. The molecule has 0 spiro atoms. The van der Waals surface area contributed by atoms with Crippen LogP contribution in [0.3, 0.4) is 0 Å². The van der Waals surface area contributed by atoms with Crippen LogP contribution in [-0.2, 0) is 6.42 Å². The summed E-state index contributed by atoms with van der Waals surface area (Å²) in [6.07, 6.45) is 0.689. The first-order valence-corrected chi connectivity index (χ1v) is 7.84. The third kappa shape index (κ3) is 3.55. The largest absolute Gasteiger partial charge is 0.323 e. The van der Waals surface area contributed by atoms with Gasteiger partial charge in [0.1, 0.15) is 11.6 Å². The van der Waals surface area contributed by atoms with Crippen molar-refractivity contribution in [3.8, 4) is 0 Å². The van der Waals surface area contributed by atoms with Crippen LogP contribution in [0.2, 0.25) is 0 Å². The van der Waals surface area contributed by atoms with Crippen LogP contribution in [0.15, 0.2) is 18.2 Å². The lowest BCUT2D eigenvalue weighted by molar-refractivity contribution is 0.269. The van der Waals surface area contributed by atoms with Gasteiger partial charge in [0.25, 0.3) is 0 Å². The molecular formula is C16H23ClFN3. The molecule has 0 aliphatic heterocycles. The van der Waals surface area contributed by atoms with E-state index in [1.54, 1.807) is 0 Å². The smallest absolute Gasteiger partial charge is 0.125 e. The normalized spacial score (nSPS) is 13.5. The molecule has 0 aliphatic rings. The summed E-state index contributed by atoms with van der Waals surface area (Å²) < 4.78 is 15.7. The lowest BCUT2D eigenvalue weighted by atomic mass is 10.0. The van der Waals surface area contributed by atoms with Crippen molar-refractivity contribution < 1.29 is 4.39 Å². The summed E-state index contributed by atoms with van der Waals surface area (Å²) in [5.74, 6) is 1.65. The van der Waals surface area contributed by atoms with Gasteiger partial charge >= 0.3 is 0 Å². The van der Waals surface area contributed by atoms with Gasteiger partial charge in [-0.2, -0.15) is 0 Å². The van der Waals surface area contributed by atoms with Gasteiger partial charge in [-0.15, -0.1) is 11.6 Å². The molecule has 1 aromatic carbocycles. The first-order valence-electron chi connectivity index (χ1n) is 7.31. The highest BCUT2D eigenvalue weighted by Crippen LogP contribution is 2.27. The van der Waals surface area contributed by atoms with E-state index >= 15 is 0 Å². The number of rotatable bonds is 6. The molecule has 0 N–H and O–H groups in total. The Morgan fingerprint density at radius 3 is 2.62 bits per heavy atom. The molecule has 21 heavy (non-hydrogen) atoms. The van der Waals surface area contributed by atoms with Gasteiger partial charge < -0.3 is 9.47 Å². The predicted molar refractivity (Wildman–Crippen MR) is 86.5 cm³/mol. The van der Waals surface area contributed by atoms with Crippen molar-refractivity contribution in [1.29, 1.82) is 0 Å². The van der Waals surface area contributed by atoms with Crippen LogP contribution in [0.5, 0.6) is 0 Å². The van der Waals surface area contributed by atoms with Crippen LogP contribution in [0.1, 0.15) is 25.7 Å². The Morgan fingerprint density at radius 2 is 2.05 bits per heavy atom. The van der Waals surface area contributed by atoms with E-state index in [9.17, 15) is 4.39 Å². The molecule has 0 bridgehead atoms. The van der Waals surface area contributed by atoms with E-state index in [1.807, 2.05) is 6.07 Å². The first-order chi connectivity index (χ1) is 9.93. The third-order valence-electron chi connectivity index (χ3n) is 3.70. The zero-order chi connectivity index (χ0) is 15.6. The van der Waals surface area contributed by atoms with Gasteiger partial charge in [-0.1, -0.05) is 13.8 Å². The molecule has 0 radical (unpaired) electrons. The Kier molecular flexibility index (Phi) is 5.22. The second kappa shape index (κ2) is 6.75. The third-order valence-corrected chi connectivity index (χ3v) is 3.89. The number of alkyl halides is 1. The zero-order valence-electron chi connectivity index (χ0n) is 13.1. The van der Waals surface area contributed by atoms with Crippen molar-refractivity contribution in [2.24, 2.45) is 5.92 Å². The van der Waals surface area contributed by atoms with Crippen LogP contribution < -0.4 is 0 Å². The van der Waals surface area contributed by atoms with E-state index in [0.29, 0.717) is 23.7 Å². The van der Waals surface area contributed by atoms with E-state index in [1.165, 1.54) is 12.1 Å². The molecule has 0 fully saturated rings. The maximum Gasteiger partial charge on any atom is 0.125 e. The number of aromatic nitrogens is 2. The molecular weight excluding hydrogens is 289 g/mol. The highest BCUT2D eigenvalue weighted by Gasteiger charge is 2.22. The van der Waals surface area contributed by atoms with Gasteiger partial charge in [0.2, 0.25) is 0 Å². The molecule has 0 amide bonds. The fourth-order valence-corrected chi connectivity index (χ4v) is 2.89. The average molecular weight is 312 g/mol. The van der Waals surface area contributed by atoms with E-state index < -0.39 is 0 Å². The highest BCUT2D eigenvalue weighted by atomic mass is 35.5. The number of hydrogen-bond donors (Lipinski definition) is 0. The monoisotopic (exact) mass is 311 g/mol. The fraction of sp³-hybridized carbons (Fsp3) is 0.562. The number of hydrogen-bond acceptors (Lipinski definition) is 2.